The van der Waals surface area contributed by atoms with Gasteiger partial charge < -0.3 is 9.84 Å². The van der Waals surface area contributed by atoms with Crippen LogP contribution in [0.2, 0.25) is 0 Å². The predicted octanol–water partition coefficient (Wildman–Crippen LogP) is 11.0. The molecule has 4 heteroatoms. The van der Waals surface area contributed by atoms with Gasteiger partial charge in [0, 0.05) is 0 Å². The Morgan fingerprint density at radius 2 is 0.974 bits per heavy atom. The van der Waals surface area contributed by atoms with E-state index in [2.05, 4.69) is 19.1 Å². The Hall–Kier alpha value is -1.32. The summed E-state index contributed by atoms with van der Waals surface area (Å²) < 4.78 is 5.03. The topological polar surface area (TPSA) is 63.6 Å². The second-order valence-corrected chi connectivity index (χ2v) is 11.4. The number of carboxylic acids is 1. The van der Waals surface area contributed by atoms with E-state index < -0.39 is 11.9 Å². The fourth-order valence-electron chi connectivity index (χ4n) is 5.02. The van der Waals surface area contributed by atoms with Crippen LogP contribution in [0.4, 0.5) is 0 Å². The molecule has 0 aromatic rings. The van der Waals surface area contributed by atoms with Crippen molar-refractivity contribution in [3.05, 3.63) is 12.2 Å². The van der Waals surface area contributed by atoms with Crippen molar-refractivity contribution >= 4 is 11.9 Å². The Morgan fingerprint density at radius 1 is 0.579 bits per heavy atom. The van der Waals surface area contributed by atoms with Gasteiger partial charge in [0.15, 0.2) is 0 Å². The van der Waals surface area contributed by atoms with Gasteiger partial charge in [0.2, 0.25) is 0 Å². The van der Waals surface area contributed by atoms with Crippen LogP contribution in [0, 0.1) is 5.92 Å². The molecule has 4 nitrogen and oxygen atoms in total. The fourth-order valence-corrected chi connectivity index (χ4v) is 5.02. The highest BCUT2D eigenvalue weighted by Gasteiger charge is 2.21. The molecule has 0 saturated heterocycles. The van der Waals surface area contributed by atoms with E-state index in [-0.39, 0.29) is 12.4 Å². The molecule has 0 fully saturated rings. The maximum absolute atomic E-state index is 11.7. The van der Waals surface area contributed by atoms with Crippen molar-refractivity contribution in [3.63, 3.8) is 0 Å². The van der Waals surface area contributed by atoms with Crippen LogP contribution in [-0.2, 0) is 14.3 Å². The second kappa shape index (κ2) is 30.2. The van der Waals surface area contributed by atoms with Crippen molar-refractivity contribution in [2.45, 2.75) is 181 Å². The molecule has 224 valence electrons. The largest absolute Gasteiger partial charge is 0.481 e. The summed E-state index contributed by atoms with van der Waals surface area (Å²) in [4.78, 5) is 23.0. The van der Waals surface area contributed by atoms with E-state index in [1.165, 1.54) is 135 Å². The third-order valence-corrected chi connectivity index (χ3v) is 7.54. The number of aliphatic carboxylic acids is 1. The van der Waals surface area contributed by atoms with Gasteiger partial charge in [-0.2, -0.15) is 0 Å². The van der Waals surface area contributed by atoms with E-state index in [1.54, 1.807) is 0 Å². The van der Waals surface area contributed by atoms with Crippen molar-refractivity contribution in [1.29, 1.82) is 0 Å². The van der Waals surface area contributed by atoms with Crippen LogP contribution in [0.3, 0.4) is 0 Å². The van der Waals surface area contributed by atoms with Gasteiger partial charge in [-0.25, -0.2) is 0 Å². The van der Waals surface area contributed by atoms with Gasteiger partial charge in [-0.3, -0.25) is 9.59 Å². The van der Waals surface area contributed by atoms with Gasteiger partial charge in [-0.1, -0.05) is 148 Å². The highest BCUT2D eigenvalue weighted by atomic mass is 16.5. The maximum atomic E-state index is 11.7. The maximum Gasteiger partial charge on any atom is 0.307 e. The van der Waals surface area contributed by atoms with Gasteiger partial charge >= 0.3 is 11.9 Å². The van der Waals surface area contributed by atoms with Crippen LogP contribution >= 0.6 is 0 Å². The van der Waals surface area contributed by atoms with Crippen LogP contribution in [0.25, 0.3) is 0 Å². The zero-order valence-electron chi connectivity index (χ0n) is 25.5. The molecule has 1 N–H and O–H groups in total. The number of esters is 1. The summed E-state index contributed by atoms with van der Waals surface area (Å²) in [5.41, 5.74) is 0. The van der Waals surface area contributed by atoms with E-state index in [9.17, 15) is 14.7 Å². The smallest absolute Gasteiger partial charge is 0.307 e. The number of carbonyl (C=O) groups excluding carboxylic acids is 1. The van der Waals surface area contributed by atoms with E-state index >= 15 is 0 Å². The lowest BCUT2D eigenvalue weighted by Crippen LogP contribution is -2.19. The Morgan fingerprint density at radius 3 is 1.37 bits per heavy atom. The van der Waals surface area contributed by atoms with Gasteiger partial charge in [-0.05, 0) is 38.5 Å². The number of unbranched alkanes of at least 4 members (excludes halogenated alkanes) is 21. The number of rotatable bonds is 30. The minimum absolute atomic E-state index is 0.00628. The molecular formula is C34H64O4. The first kappa shape index (κ1) is 36.7. The summed E-state index contributed by atoms with van der Waals surface area (Å²) >= 11 is 0. The minimum Gasteiger partial charge on any atom is -0.481 e. The number of ether oxygens (including phenoxy) is 1. The van der Waals surface area contributed by atoms with Crippen LogP contribution in [0.5, 0.6) is 0 Å². The van der Waals surface area contributed by atoms with Crippen LogP contribution in [-0.4, -0.2) is 23.7 Å². The molecule has 0 saturated carbocycles. The fraction of sp³-hybridized carbons (Fsp3) is 0.882. The molecule has 0 aliphatic heterocycles. The lowest BCUT2D eigenvalue weighted by atomic mass is 9.97. The zero-order valence-corrected chi connectivity index (χ0v) is 25.5. The Kier molecular flexibility index (Phi) is 29.2. The van der Waals surface area contributed by atoms with Crippen molar-refractivity contribution < 1.29 is 19.4 Å². The molecule has 0 amide bonds. The van der Waals surface area contributed by atoms with Gasteiger partial charge in [0.1, 0.15) is 0 Å². The summed E-state index contributed by atoms with van der Waals surface area (Å²) in [5.74, 6) is -1.85. The summed E-state index contributed by atoms with van der Waals surface area (Å²) in [5, 5.41) is 9.33. The molecule has 1 unspecified atom stereocenters. The number of allylic oxidation sites excluding steroid dienone is 2. The van der Waals surface area contributed by atoms with Gasteiger partial charge in [0.05, 0.1) is 18.9 Å². The molecular weight excluding hydrogens is 472 g/mol. The van der Waals surface area contributed by atoms with E-state index in [1.807, 2.05) is 6.92 Å². The summed E-state index contributed by atoms with van der Waals surface area (Å²) in [7, 11) is 0. The molecule has 38 heavy (non-hydrogen) atoms. The second-order valence-electron chi connectivity index (χ2n) is 11.4. The Labute approximate surface area is 236 Å². The van der Waals surface area contributed by atoms with Gasteiger partial charge in [0.25, 0.3) is 0 Å². The molecule has 0 spiro atoms. The third-order valence-electron chi connectivity index (χ3n) is 7.54. The number of hydrogen-bond donors (Lipinski definition) is 1. The third kappa shape index (κ3) is 27.7. The monoisotopic (exact) mass is 536 g/mol. The van der Waals surface area contributed by atoms with Gasteiger partial charge in [-0.15, -0.1) is 0 Å². The van der Waals surface area contributed by atoms with Crippen molar-refractivity contribution in [1.82, 2.24) is 0 Å². The highest BCUT2D eigenvalue weighted by Crippen LogP contribution is 2.18. The predicted molar refractivity (Wildman–Crippen MR) is 163 cm³/mol. The van der Waals surface area contributed by atoms with Crippen LogP contribution in [0.15, 0.2) is 12.2 Å². The molecule has 0 bridgehead atoms. The molecule has 0 radical (unpaired) electrons. The number of carbonyl (C=O) groups is 2. The van der Waals surface area contributed by atoms with E-state index in [0.717, 1.165) is 19.3 Å². The lowest BCUT2D eigenvalue weighted by molar-refractivity contribution is -0.151. The molecule has 0 aromatic heterocycles. The zero-order chi connectivity index (χ0) is 27.9. The SMILES string of the molecule is CCCCCCCC/C=C/CCCCCCCCCCCCCCCCCC(CC(=O)OCCC)C(=O)O. The minimum atomic E-state index is -0.875. The Balaban J connectivity index is 3.32. The molecule has 0 heterocycles. The summed E-state index contributed by atoms with van der Waals surface area (Å²) in [6.07, 6.45) is 36.5. The normalized spacial score (nSPS) is 12.3. The first-order valence-corrected chi connectivity index (χ1v) is 16.6. The standard InChI is InChI=1S/C34H64O4/c1-3-5-6-7-8-9-10-11-12-13-14-15-16-17-18-19-20-21-22-23-24-25-26-27-28-29-32(34(36)37)31-33(35)38-30-4-2/h11-12,32H,3-10,13-31H2,1-2H3,(H,36,37)/b12-11+. The average molecular weight is 537 g/mol. The molecule has 0 aliphatic rings. The van der Waals surface area contributed by atoms with Crippen LogP contribution in [0.1, 0.15) is 181 Å². The van der Waals surface area contributed by atoms with Crippen molar-refractivity contribution in [2.75, 3.05) is 6.61 Å². The molecule has 1 atom stereocenters. The molecule has 0 rings (SSSR count). The van der Waals surface area contributed by atoms with E-state index in [0.29, 0.717) is 13.0 Å². The summed E-state index contributed by atoms with van der Waals surface area (Å²) in [6, 6.07) is 0. The number of hydrogen-bond acceptors (Lipinski definition) is 3. The van der Waals surface area contributed by atoms with Crippen molar-refractivity contribution in [2.24, 2.45) is 5.92 Å². The summed E-state index contributed by atoms with van der Waals surface area (Å²) in [6.45, 7) is 4.59. The lowest BCUT2D eigenvalue weighted by Gasteiger charge is -2.11. The Bertz CT molecular complexity index is 543. The molecule has 0 aromatic carbocycles. The quantitative estimate of drug-likeness (QED) is 0.0563. The number of carboxylic acid groups (broad SMARTS) is 1. The van der Waals surface area contributed by atoms with E-state index in [4.69, 9.17) is 4.74 Å². The van der Waals surface area contributed by atoms with Crippen LogP contribution < -0.4 is 0 Å². The first-order chi connectivity index (χ1) is 18.6. The average Bonchev–Trinajstić information content (AvgIpc) is 2.91. The first-order valence-electron chi connectivity index (χ1n) is 16.6. The highest BCUT2D eigenvalue weighted by molar-refractivity contribution is 5.78. The van der Waals surface area contributed by atoms with Crippen molar-refractivity contribution in [3.8, 4) is 0 Å². The molecule has 0 aliphatic carbocycles.